The number of carbonyl (C=O) groups is 7. The van der Waals surface area contributed by atoms with Gasteiger partial charge in [-0.25, -0.2) is 4.79 Å². The Hall–Kier alpha value is -7.11. The number of esters is 5. The van der Waals surface area contributed by atoms with E-state index in [0.29, 0.717) is 57.1 Å². The number of ether oxygens (including phenoxy) is 7. The average Bonchev–Trinajstić information content (AvgIpc) is 0.742. The molecule has 0 aliphatic carbocycles. The second-order valence-electron chi connectivity index (χ2n) is 39.9. The van der Waals surface area contributed by atoms with E-state index in [4.69, 9.17) is 33.2 Å². The maximum atomic E-state index is 15.8. The molecular formula is C115H186N2O15. The highest BCUT2D eigenvalue weighted by atomic mass is 16.6. The Labute approximate surface area is 802 Å². The monoisotopic (exact) mass is 1840 g/mol. The van der Waals surface area contributed by atoms with Crippen LogP contribution >= 0.6 is 0 Å². The number of amides is 2. The van der Waals surface area contributed by atoms with Crippen LogP contribution in [0.3, 0.4) is 0 Å². The highest BCUT2D eigenvalue weighted by Gasteiger charge is 2.50. The lowest BCUT2D eigenvalue weighted by atomic mass is 9.72. The van der Waals surface area contributed by atoms with Crippen LogP contribution in [0.4, 0.5) is 0 Å². The number of unbranched alkanes of at least 4 members (excludes halogenated alkanes) is 42. The lowest BCUT2D eigenvalue weighted by Crippen LogP contribution is -2.66. The van der Waals surface area contributed by atoms with E-state index in [0.717, 1.165) is 224 Å². The van der Waals surface area contributed by atoms with Crippen LogP contribution in [0.15, 0.2) is 91.0 Å². The minimum atomic E-state index is -1.71. The van der Waals surface area contributed by atoms with Crippen molar-refractivity contribution in [2.24, 2.45) is 0 Å². The fourth-order valence-electron chi connectivity index (χ4n) is 18.9. The first-order valence-electron chi connectivity index (χ1n) is 53.9. The maximum absolute atomic E-state index is 15.8. The molecule has 2 amide bonds. The molecule has 17 heteroatoms. The molecule has 1 aliphatic heterocycles. The average molecular weight is 1840 g/mol. The molecule has 9 atom stereocenters. The van der Waals surface area contributed by atoms with E-state index in [9.17, 15) is 19.5 Å². The molecule has 3 N–H and O–H groups in total. The highest BCUT2D eigenvalue weighted by Crippen LogP contribution is 2.51. The Morgan fingerprint density at radius 3 is 1.14 bits per heavy atom. The summed E-state index contributed by atoms with van der Waals surface area (Å²) in [5.41, 5.74) is 7.23. The van der Waals surface area contributed by atoms with Crippen molar-refractivity contribution in [1.29, 1.82) is 0 Å². The summed E-state index contributed by atoms with van der Waals surface area (Å²) in [6, 6.07) is 27.2. The minimum absolute atomic E-state index is 0.110. The summed E-state index contributed by atoms with van der Waals surface area (Å²) >= 11 is 0. The number of rotatable bonds is 78. The van der Waals surface area contributed by atoms with Crippen molar-refractivity contribution in [1.82, 2.24) is 10.6 Å². The van der Waals surface area contributed by atoms with Crippen LogP contribution < -0.4 is 15.4 Å². The zero-order valence-corrected chi connectivity index (χ0v) is 85.2. The summed E-state index contributed by atoms with van der Waals surface area (Å²) in [7, 11) is 0. The van der Waals surface area contributed by atoms with Gasteiger partial charge in [0.1, 0.15) is 55.5 Å². The van der Waals surface area contributed by atoms with Gasteiger partial charge in [-0.1, -0.05) is 437 Å². The number of benzene rings is 4. The molecule has 1 aliphatic rings. The van der Waals surface area contributed by atoms with Gasteiger partial charge in [0.25, 0.3) is 0 Å². The third-order valence-electron chi connectivity index (χ3n) is 26.5. The fraction of sp³-hybridized carbons (Fsp3) is 0.730. The quantitative estimate of drug-likeness (QED) is 0.0212. The molecule has 4 aromatic carbocycles. The third kappa shape index (κ3) is 48.6. The van der Waals surface area contributed by atoms with Gasteiger partial charge in [0.2, 0.25) is 11.8 Å². The van der Waals surface area contributed by atoms with Gasteiger partial charge in [0.15, 0.2) is 6.10 Å². The summed E-state index contributed by atoms with van der Waals surface area (Å²) in [6.45, 7) is 26.0. The van der Waals surface area contributed by atoms with Gasteiger partial charge < -0.3 is 48.9 Å². The minimum Gasteiger partial charge on any atom is -0.490 e. The lowest BCUT2D eigenvalue weighted by Gasteiger charge is -2.45. The van der Waals surface area contributed by atoms with Crippen LogP contribution in [-0.4, -0.2) is 108 Å². The van der Waals surface area contributed by atoms with Gasteiger partial charge in [-0.15, -0.1) is 0 Å². The molecule has 1 fully saturated rings. The molecule has 0 aromatic heterocycles. The smallest absolute Gasteiger partial charge is 0.328 e. The first kappa shape index (κ1) is 115. The summed E-state index contributed by atoms with van der Waals surface area (Å²) < 4.78 is 47.0. The number of aliphatic hydroxyl groups is 1. The van der Waals surface area contributed by atoms with Crippen LogP contribution in [-0.2, 0) is 74.0 Å². The molecule has 4 aromatic rings. The Morgan fingerprint density at radius 2 is 0.758 bits per heavy atom. The molecule has 746 valence electrons. The van der Waals surface area contributed by atoms with Crippen LogP contribution in [0, 0.1) is 6.92 Å². The zero-order valence-electron chi connectivity index (χ0n) is 85.2. The van der Waals surface area contributed by atoms with Gasteiger partial charge in [-0.05, 0) is 122 Å². The van der Waals surface area contributed by atoms with E-state index in [1.165, 1.54) is 96.3 Å². The van der Waals surface area contributed by atoms with E-state index in [-0.39, 0.29) is 88.4 Å². The van der Waals surface area contributed by atoms with E-state index in [1.54, 1.807) is 0 Å². The van der Waals surface area contributed by atoms with Gasteiger partial charge in [0, 0.05) is 30.4 Å². The zero-order chi connectivity index (χ0) is 95.6. The second kappa shape index (κ2) is 71.4. The van der Waals surface area contributed by atoms with Gasteiger partial charge in [-0.3, -0.25) is 28.8 Å². The predicted molar refractivity (Wildman–Crippen MR) is 541 cm³/mol. The number of hydrogen-bond acceptors (Lipinski definition) is 15. The van der Waals surface area contributed by atoms with Crippen molar-refractivity contribution in [2.75, 3.05) is 6.61 Å². The molecule has 0 spiro atoms. The SMILES string of the molecule is CCCCCCCCCCC[C@H](CC(=O)N[C@@H]1[C@@H](OC(=O)C[C@@H](CCCCCCCCCCC)OC(=O)CCCCCCCCC)[C@H](O)[C@@H](COc2c(-c3ccccc3)c(C)c(-c3ccccc3)c(C(C)(C)C)c2C(C)C)O[C@H]1CC[C@H](NC(=O)C[C@@H](CCCCCCCCCCC)OC(=O)CCCCCCCCC)C(=O)OCc1ccccc1)OC(=O)CCCCCCCCC. The second-order valence-corrected chi connectivity index (χ2v) is 39.9. The Morgan fingerprint density at radius 1 is 0.409 bits per heavy atom. The Bertz CT molecular complexity index is 3690. The topological polar surface area (TPSA) is 228 Å². The largest absolute Gasteiger partial charge is 0.490 e. The standard InChI is InChI=1S/C115H186N2O15/c1-13-19-25-31-37-40-46-49-64-76-94(128-102(120)79-67-52-43-34-28-22-16-4)84-100(118)116-97(114(125)127-87-91-70-58-55-59-71-91)82-83-98-110(117-101(119)85-95(77-65-50-47-41-38-32-26-20-14-2)129-103(121)80-68-53-44-35-29-23-17-5)113(132-105(123)86-96(78-66-51-48-42-39-33-27-21-15-3)130-104(122)81-69-54-45-36-30-24-18-6)111(124)99(131-98)88-126-112-106(89(7)8)109(115(10,11)12)107(92-72-60-56-61-73-92)90(9)108(112)93-74-62-57-63-75-93/h55-63,70-75,89,94-99,110-111,113,124H,13-54,64-69,76-88H2,1-12H3,(H,116,118)(H,117,119)/t94-,95-,96-,97+,98+,99-,110+,111-,113-/m1/s1. The van der Waals surface area contributed by atoms with E-state index < -0.39 is 84.0 Å². The van der Waals surface area contributed by atoms with Crippen molar-refractivity contribution in [2.45, 2.75) is 535 Å². The fourth-order valence-corrected chi connectivity index (χ4v) is 18.9. The molecule has 0 unspecified atom stereocenters. The van der Waals surface area contributed by atoms with Crippen LogP contribution in [0.25, 0.3) is 22.3 Å². The van der Waals surface area contributed by atoms with Gasteiger partial charge >= 0.3 is 29.8 Å². The molecule has 132 heavy (non-hydrogen) atoms. The van der Waals surface area contributed by atoms with E-state index in [1.807, 2.05) is 54.6 Å². The van der Waals surface area contributed by atoms with Crippen LogP contribution in [0.5, 0.6) is 5.75 Å². The third-order valence-corrected chi connectivity index (χ3v) is 26.5. The summed E-state index contributed by atoms with van der Waals surface area (Å²) in [5.74, 6) is -3.22. The molecule has 0 bridgehead atoms. The van der Waals surface area contributed by atoms with Crippen molar-refractivity contribution >= 4 is 41.7 Å². The first-order valence-corrected chi connectivity index (χ1v) is 53.9. The number of nitrogens with one attached hydrogen (secondary N) is 2. The van der Waals surface area contributed by atoms with Crippen molar-refractivity contribution in [3.8, 4) is 28.0 Å². The van der Waals surface area contributed by atoms with E-state index in [2.05, 4.69) is 130 Å². The van der Waals surface area contributed by atoms with Gasteiger partial charge in [-0.2, -0.15) is 0 Å². The molecule has 17 nitrogen and oxygen atoms in total. The molecule has 0 radical (unpaired) electrons. The molecule has 0 saturated carbocycles. The van der Waals surface area contributed by atoms with E-state index >= 15 is 19.2 Å². The number of hydrogen-bond donors (Lipinski definition) is 3. The Balaban J connectivity index is 1.72. The normalized spacial score (nSPS) is 16.0. The van der Waals surface area contributed by atoms with Crippen molar-refractivity contribution < 1.29 is 71.8 Å². The molecular weight excluding hydrogens is 1650 g/mol. The predicted octanol–water partition coefficient (Wildman–Crippen LogP) is 29.8. The Kier molecular flexibility index (Phi) is 62.4. The molecule has 1 heterocycles. The van der Waals surface area contributed by atoms with Crippen LogP contribution in [0.1, 0.15) is 483 Å². The van der Waals surface area contributed by atoms with Crippen molar-refractivity contribution in [3.05, 3.63) is 113 Å². The summed E-state index contributed by atoms with van der Waals surface area (Å²) in [5, 5.41) is 20.1. The first-order chi connectivity index (χ1) is 64.1. The highest BCUT2D eigenvalue weighted by molar-refractivity contribution is 5.88. The van der Waals surface area contributed by atoms with Crippen LogP contribution in [0.2, 0.25) is 0 Å². The number of aliphatic hydroxyl groups excluding tert-OH is 1. The lowest BCUT2D eigenvalue weighted by molar-refractivity contribution is -0.212. The van der Waals surface area contributed by atoms with Gasteiger partial charge in [0.05, 0.1) is 31.4 Å². The van der Waals surface area contributed by atoms with Crippen molar-refractivity contribution in [3.63, 3.8) is 0 Å². The number of carbonyl (C=O) groups excluding carboxylic acids is 7. The maximum Gasteiger partial charge on any atom is 0.328 e. The summed E-state index contributed by atoms with van der Waals surface area (Å²) in [4.78, 5) is 104. The molecule has 5 rings (SSSR count). The molecule has 1 saturated heterocycles. The summed E-state index contributed by atoms with van der Waals surface area (Å²) in [6.07, 6.45) is 43.0.